The minimum absolute atomic E-state index is 0.172. The molecule has 1 saturated heterocycles. The summed E-state index contributed by atoms with van der Waals surface area (Å²) in [6, 6.07) is 8.51. The molecule has 1 aliphatic heterocycles. The van der Waals surface area contributed by atoms with Gasteiger partial charge in [-0.3, -0.25) is 4.90 Å². The first-order valence-electron chi connectivity index (χ1n) is 8.44. The highest BCUT2D eigenvalue weighted by molar-refractivity contribution is 5.33. The second kappa shape index (κ2) is 6.53. The van der Waals surface area contributed by atoms with Crippen molar-refractivity contribution in [3.05, 3.63) is 41.7 Å². The predicted molar refractivity (Wildman–Crippen MR) is 91.8 cm³/mol. The number of nitrogens with zero attached hydrogens (tertiary/aromatic N) is 4. The molecular weight excluding hydrogens is 304 g/mol. The molecule has 0 amide bonds. The van der Waals surface area contributed by atoms with Crippen LogP contribution in [0.3, 0.4) is 0 Å². The summed E-state index contributed by atoms with van der Waals surface area (Å²) in [5.41, 5.74) is 0.867. The van der Waals surface area contributed by atoms with Gasteiger partial charge >= 0.3 is 0 Å². The van der Waals surface area contributed by atoms with E-state index < -0.39 is 5.60 Å². The molecule has 0 atom stereocenters. The zero-order chi connectivity index (χ0) is 17.3. The molecule has 6 heteroatoms. The molecule has 0 bridgehead atoms. The number of ether oxygens (including phenoxy) is 1. The van der Waals surface area contributed by atoms with Crippen molar-refractivity contribution in [1.29, 1.82) is 0 Å². The third kappa shape index (κ3) is 3.76. The lowest BCUT2D eigenvalue weighted by Gasteiger charge is -2.39. The highest BCUT2D eigenvalue weighted by Gasteiger charge is 2.31. The standard InChI is InChI=1S/C18H26N4O2/c1-13(2)24-16-8-6-5-7-14(16)9-21-10-15(11-21)22-12-17(19-20-22)18(3,4)23/h5-8,12-13,15,23H,9-11H2,1-4H3. The molecule has 0 spiro atoms. The van der Waals surface area contributed by atoms with Gasteiger partial charge in [0.2, 0.25) is 0 Å². The van der Waals surface area contributed by atoms with Crippen LogP contribution in [0.25, 0.3) is 0 Å². The lowest BCUT2D eigenvalue weighted by molar-refractivity contribution is 0.0731. The molecule has 24 heavy (non-hydrogen) atoms. The summed E-state index contributed by atoms with van der Waals surface area (Å²) < 4.78 is 7.75. The largest absolute Gasteiger partial charge is 0.491 e. The first-order valence-corrected chi connectivity index (χ1v) is 8.44. The van der Waals surface area contributed by atoms with Gasteiger partial charge in [0, 0.05) is 25.2 Å². The Morgan fingerprint density at radius 1 is 1.29 bits per heavy atom. The highest BCUT2D eigenvalue weighted by atomic mass is 16.5. The lowest BCUT2D eigenvalue weighted by Crippen LogP contribution is -2.47. The summed E-state index contributed by atoms with van der Waals surface area (Å²) in [6.07, 6.45) is 2.02. The van der Waals surface area contributed by atoms with E-state index in [1.54, 1.807) is 13.8 Å². The molecule has 1 aliphatic rings. The van der Waals surface area contributed by atoms with E-state index in [-0.39, 0.29) is 6.10 Å². The van der Waals surface area contributed by atoms with Gasteiger partial charge in [0.05, 0.1) is 18.3 Å². The Balaban J connectivity index is 1.59. The van der Waals surface area contributed by atoms with Crippen molar-refractivity contribution in [2.75, 3.05) is 13.1 Å². The van der Waals surface area contributed by atoms with E-state index in [9.17, 15) is 5.11 Å². The zero-order valence-corrected chi connectivity index (χ0v) is 14.8. The number of likely N-dealkylation sites (tertiary alicyclic amines) is 1. The first-order chi connectivity index (χ1) is 11.3. The minimum Gasteiger partial charge on any atom is -0.491 e. The third-order valence-corrected chi connectivity index (χ3v) is 4.18. The Morgan fingerprint density at radius 2 is 2.00 bits per heavy atom. The maximum atomic E-state index is 9.98. The molecule has 1 N–H and O–H groups in total. The SMILES string of the molecule is CC(C)Oc1ccccc1CN1CC(n2cc(C(C)(C)O)nn2)C1. The second-order valence-corrected chi connectivity index (χ2v) is 7.27. The van der Waals surface area contributed by atoms with Crippen LogP contribution in [0.15, 0.2) is 30.5 Å². The molecule has 2 aromatic rings. The van der Waals surface area contributed by atoms with Gasteiger partial charge in [-0.1, -0.05) is 23.4 Å². The molecule has 0 aliphatic carbocycles. The number of aromatic nitrogens is 3. The van der Waals surface area contributed by atoms with Crippen molar-refractivity contribution in [2.45, 2.75) is 52.0 Å². The molecule has 2 heterocycles. The summed E-state index contributed by atoms with van der Waals surface area (Å²) in [7, 11) is 0. The lowest BCUT2D eigenvalue weighted by atomic mass is 10.1. The van der Waals surface area contributed by atoms with Crippen LogP contribution in [0.1, 0.15) is 45.0 Å². The van der Waals surface area contributed by atoms with E-state index >= 15 is 0 Å². The average molecular weight is 330 g/mol. The molecular formula is C18H26N4O2. The van der Waals surface area contributed by atoms with Crippen LogP contribution in [-0.4, -0.2) is 44.2 Å². The fraction of sp³-hybridized carbons (Fsp3) is 0.556. The monoisotopic (exact) mass is 330 g/mol. The number of hydrogen-bond donors (Lipinski definition) is 1. The molecule has 6 nitrogen and oxygen atoms in total. The van der Waals surface area contributed by atoms with Crippen molar-refractivity contribution in [2.24, 2.45) is 0 Å². The normalized spacial score (nSPS) is 16.4. The topological polar surface area (TPSA) is 63.4 Å². The Morgan fingerprint density at radius 3 is 2.62 bits per heavy atom. The predicted octanol–water partition coefficient (Wildman–Crippen LogP) is 2.35. The number of aliphatic hydroxyl groups is 1. The minimum atomic E-state index is -0.950. The second-order valence-electron chi connectivity index (χ2n) is 7.27. The van der Waals surface area contributed by atoms with Crippen LogP contribution in [0.2, 0.25) is 0 Å². The molecule has 0 unspecified atom stereocenters. The number of para-hydroxylation sites is 1. The van der Waals surface area contributed by atoms with Gasteiger partial charge in [-0.05, 0) is 33.8 Å². The Kier molecular flexibility index (Phi) is 4.60. The number of rotatable bonds is 6. The van der Waals surface area contributed by atoms with Gasteiger partial charge in [-0.15, -0.1) is 5.10 Å². The van der Waals surface area contributed by atoms with Crippen LogP contribution < -0.4 is 4.74 Å². The molecule has 1 aromatic carbocycles. The van der Waals surface area contributed by atoms with Crippen LogP contribution in [0, 0.1) is 0 Å². The molecule has 0 radical (unpaired) electrons. The van der Waals surface area contributed by atoms with Crippen molar-refractivity contribution in [1.82, 2.24) is 19.9 Å². The van der Waals surface area contributed by atoms with Gasteiger partial charge < -0.3 is 9.84 Å². The average Bonchev–Trinajstić information content (AvgIpc) is 2.92. The van der Waals surface area contributed by atoms with Gasteiger partial charge in [-0.2, -0.15) is 0 Å². The fourth-order valence-electron chi connectivity index (χ4n) is 2.82. The molecule has 3 rings (SSSR count). The van der Waals surface area contributed by atoms with Gasteiger partial charge in [-0.25, -0.2) is 4.68 Å². The molecule has 1 aromatic heterocycles. The van der Waals surface area contributed by atoms with E-state index in [4.69, 9.17) is 4.74 Å². The van der Waals surface area contributed by atoms with Crippen molar-refractivity contribution in [3.8, 4) is 5.75 Å². The fourth-order valence-corrected chi connectivity index (χ4v) is 2.82. The Hall–Kier alpha value is -1.92. The van der Waals surface area contributed by atoms with Gasteiger partial charge in [0.25, 0.3) is 0 Å². The summed E-state index contributed by atoms with van der Waals surface area (Å²) in [5, 5.41) is 18.2. The van der Waals surface area contributed by atoms with Crippen molar-refractivity contribution >= 4 is 0 Å². The smallest absolute Gasteiger partial charge is 0.124 e. The first kappa shape index (κ1) is 16.9. The highest BCUT2D eigenvalue weighted by Crippen LogP contribution is 2.27. The van der Waals surface area contributed by atoms with E-state index in [1.165, 1.54) is 5.56 Å². The van der Waals surface area contributed by atoms with E-state index in [2.05, 4.69) is 21.3 Å². The summed E-state index contributed by atoms with van der Waals surface area (Å²) in [6.45, 7) is 10.2. The maximum absolute atomic E-state index is 9.98. The van der Waals surface area contributed by atoms with E-state index in [1.807, 2.05) is 42.9 Å². The van der Waals surface area contributed by atoms with Crippen molar-refractivity contribution < 1.29 is 9.84 Å². The van der Waals surface area contributed by atoms with Crippen molar-refractivity contribution in [3.63, 3.8) is 0 Å². The van der Waals surface area contributed by atoms with Crippen LogP contribution in [-0.2, 0) is 12.1 Å². The van der Waals surface area contributed by atoms with Crippen LogP contribution >= 0.6 is 0 Å². The number of benzene rings is 1. The molecule has 0 saturated carbocycles. The molecule has 130 valence electrons. The van der Waals surface area contributed by atoms with Crippen LogP contribution in [0.4, 0.5) is 0 Å². The maximum Gasteiger partial charge on any atom is 0.124 e. The van der Waals surface area contributed by atoms with Gasteiger partial charge in [0.15, 0.2) is 0 Å². The number of hydrogen-bond acceptors (Lipinski definition) is 5. The Labute approximate surface area is 143 Å². The Bertz CT molecular complexity index is 684. The van der Waals surface area contributed by atoms with Crippen LogP contribution in [0.5, 0.6) is 5.75 Å². The third-order valence-electron chi connectivity index (χ3n) is 4.18. The molecule has 1 fully saturated rings. The summed E-state index contributed by atoms with van der Waals surface area (Å²) in [5.74, 6) is 0.959. The quantitative estimate of drug-likeness (QED) is 0.881. The summed E-state index contributed by atoms with van der Waals surface area (Å²) >= 11 is 0. The van der Waals surface area contributed by atoms with Gasteiger partial charge in [0.1, 0.15) is 17.0 Å². The zero-order valence-electron chi connectivity index (χ0n) is 14.8. The van der Waals surface area contributed by atoms with E-state index in [0.29, 0.717) is 11.7 Å². The summed E-state index contributed by atoms with van der Waals surface area (Å²) in [4.78, 5) is 2.36. The van der Waals surface area contributed by atoms with E-state index in [0.717, 1.165) is 25.4 Å².